The van der Waals surface area contributed by atoms with E-state index in [0.29, 0.717) is 12.6 Å². The van der Waals surface area contributed by atoms with E-state index in [4.69, 9.17) is 4.74 Å². The maximum atomic E-state index is 10.1. The fourth-order valence-electron chi connectivity index (χ4n) is 3.44. The molecule has 0 aliphatic heterocycles. The van der Waals surface area contributed by atoms with Gasteiger partial charge in [-0.1, -0.05) is 25.7 Å². The van der Waals surface area contributed by atoms with Crippen molar-refractivity contribution in [3.05, 3.63) is 52.7 Å². The quantitative estimate of drug-likeness (QED) is 0.444. The number of aromatic nitrogens is 4. The van der Waals surface area contributed by atoms with Gasteiger partial charge in [-0.2, -0.15) is 5.10 Å². The van der Waals surface area contributed by atoms with Gasteiger partial charge in [0, 0.05) is 37.7 Å². The van der Waals surface area contributed by atoms with Crippen molar-refractivity contribution >= 4 is 19.0 Å². The highest BCUT2D eigenvalue weighted by Gasteiger charge is 2.19. The van der Waals surface area contributed by atoms with Crippen LogP contribution in [-0.4, -0.2) is 46.1 Å². The van der Waals surface area contributed by atoms with E-state index in [2.05, 4.69) is 46.8 Å². The highest BCUT2D eigenvalue weighted by molar-refractivity contribution is 6.76. The van der Waals surface area contributed by atoms with E-state index < -0.39 is 8.07 Å². The number of aliphatic hydroxyl groups is 1. The standard InChI is InChI=1S/C22H32N4O2Si/c1-15-9-18(20(13-27)22-23-16(2)10-17(3)24-22)11-19-12-26(25-21(15)19)14-28-7-8-29(4,5)6/h9-12,20,27H,7-8,13-14H2,1-6H3. The predicted octanol–water partition coefficient (Wildman–Crippen LogP) is 4.19. The molecule has 29 heavy (non-hydrogen) atoms. The Morgan fingerprint density at radius 3 is 2.38 bits per heavy atom. The number of hydrogen-bond acceptors (Lipinski definition) is 5. The molecule has 0 saturated carbocycles. The van der Waals surface area contributed by atoms with Crippen molar-refractivity contribution in [2.75, 3.05) is 13.2 Å². The Balaban J connectivity index is 1.84. The van der Waals surface area contributed by atoms with Crippen LogP contribution in [0, 0.1) is 20.8 Å². The van der Waals surface area contributed by atoms with E-state index in [1.807, 2.05) is 37.7 Å². The highest BCUT2D eigenvalue weighted by Crippen LogP contribution is 2.28. The minimum absolute atomic E-state index is 0.0399. The Bertz CT molecular complexity index is 974. The van der Waals surface area contributed by atoms with Gasteiger partial charge in [0.05, 0.1) is 18.0 Å². The second-order valence-corrected chi connectivity index (χ2v) is 14.7. The molecule has 0 aliphatic rings. The third-order valence-electron chi connectivity index (χ3n) is 4.99. The number of rotatable bonds is 8. The van der Waals surface area contributed by atoms with Crippen LogP contribution in [0.15, 0.2) is 24.4 Å². The van der Waals surface area contributed by atoms with Gasteiger partial charge in [-0.05, 0) is 50.1 Å². The fourth-order valence-corrected chi connectivity index (χ4v) is 4.19. The average Bonchev–Trinajstić information content (AvgIpc) is 3.01. The smallest absolute Gasteiger partial charge is 0.139 e. The summed E-state index contributed by atoms with van der Waals surface area (Å²) in [5.41, 5.74) is 4.85. The van der Waals surface area contributed by atoms with Gasteiger partial charge in [-0.25, -0.2) is 14.6 Å². The summed E-state index contributed by atoms with van der Waals surface area (Å²) in [6, 6.07) is 7.24. The Labute approximate surface area is 174 Å². The first-order valence-electron chi connectivity index (χ1n) is 10.1. The second-order valence-electron chi connectivity index (χ2n) is 9.04. The lowest BCUT2D eigenvalue weighted by atomic mass is 9.95. The topological polar surface area (TPSA) is 73.1 Å². The number of benzene rings is 1. The molecular weight excluding hydrogens is 380 g/mol. The van der Waals surface area contributed by atoms with E-state index >= 15 is 0 Å². The molecule has 0 aliphatic carbocycles. The normalized spacial score (nSPS) is 13.2. The third kappa shape index (κ3) is 5.50. The van der Waals surface area contributed by atoms with Gasteiger partial charge in [0.1, 0.15) is 12.6 Å². The van der Waals surface area contributed by atoms with Crippen molar-refractivity contribution in [3.8, 4) is 0 Å². The molecule has 6 nitrogen and oxygen atoms in total. The molecule has 0 fully saturated rings. The van der Waals surface area contributed by atoms with Crippen LogP contribution >= 0.6 is 0 Å². The predicted molar refractivity (Wildman–Crippen MR) is 119 cm³/mol. The van der Waals surface area contributed by atoms with E-state index in [0.717, 1.165) is 46.1 Å². The van der Waals surface area contributed by atoms with E-state index in [9.17, 15) is 5.11 Å². The first-order chi connectivity index (χ1) is 13.7. The van der Waals surface area contributed by atoms with Gasteiger partial charge in [0.2, 0.25) is 0 Å². The lowest BCUT2D eigenvalue weighted by Gasteiger charge is -2.15. The Hall–Kier alpha value is -2.09. The molecule has 156 valence electrons. The molecule has 2 aromatic heterocycles. The molecule has 3 aromatic rings. The lowest BCUT2D eigenvalue weighted by molar-refractivity contribution is 0.0791. The van der Waals surface area contributed by atoms with E-state index in [-0.39, 0.29) is 12.5 Å². The average molecular weight is 413 g/mol. The largest absolute Gasteiger partial charge is 0.395 e. The number of hydrogen-bond donors (Lipinski definition) is 1. The van der Waals surface area contributed by atoms with Crippen molar-refractivity contribution in [2.24, 2.45) is 0 Å². The van der Waals surface area contributed by atoms with Crippen molar-refractivity contribution < 1.29 is 9.84 Å². The minimum atomic E-state index is -1.09. The molecule has 1 N–H and O–H groups in total. The molecular formula is C22H32N4O2Si. The van der Waals surface area contributed by atoms with E-state index in [1.165, 1.54) is 0 Å². The monoisotopic (exact) mass is 412 g/mol. The molecule has 0 radical (unpaired) electrons. The lowest BCUT2D eigenvalue weighted by Crippen LogP contribution is -2.22. The number of ether oxygens (including phenoxy) is 1. The molecule has 7 heteroatoms. The van der Waals surface area contributed by atoms with Crippen LogP contribution in [0.5, 0.6) is 0 Å². The zero-order valence-corrected chi connectivity index (χ0v) is 19.4. The van der Waals surface area contributed by atoms with E-state index in [1.54, 1.807) is 0 Å². The molecule has 2 heterocycles. The van der Waals surface area contributed by atoms with Crippen LogP contribution in [0.3, 0.4) is 0 Å². The molecule has 0 bridgehead atoms. The summed E-state index contributed by atoms with van der Waals surface area (Å²) in [6.45, 7) is 14.2. The number of fused-ring (bicyclic) bond motifs is 1. The summed E-state index contributed by atoms with van der Waals surface area (Å²) in [4.78, 5) is 9.11. The molecule has 1 unspecified atom stereocenters. The van der Waals surface area contributed by atoms with Crippen LogP contribution in [0.4, 0.5) is 0 Å². The SMILES string of the molecule is Cc1cc(C)nc(C(CO)c2cc(C)c3nn(COCC[Si](C)(C)C)cc3c2)n1. The molecule has 3 rings (SSSR count). The van der Waals surface area contributed by atoms with Gasteiger partial charge in [-0.3, -0.25) is 0 Å². The summed E-state index contributed by atoms with van der Waals surface area (Å²) in [5, 5.41) is 15.8. The first kappa shape index (κ1) is 21.6. The van der Waals surface area contributed by atoms with Crippen LogP contribution in [0.1, 0.15) is 34.3 Å². The maximum absolute atomic E-state index is 10.1. The third-order valence-corrected chi connectivity index (χ3v) is 6.69. The van der Waals surface area contributed by atoms with Crippen LogP contribution < -0.4 is 0 Å². The summed E-state index contributed by atoms with van der Waals surface area (Å²) >= 11 is 0. The summed E-state index contributed by atoms with van der Waals surface area (Å²) in [7, 11) is -1.09. The molecule has 1 atom stereocenters. The zero-order chi connectivity index (χ0) is 21.2. The van der Waals surface area contributed by atoms with Crippen molar-refractivity contribution in [3.63, 3.8) is 0 Å². The zero-order valence-electron chi connectivity index (χ0n) is 18.4. The van der Waals surface area contributed by atoms with Crippen molar-refractivity contribution in [2.45, 2.75) is 59.1 Å². The minimum Gasteiger partial charge on any atom is -0.395 e. The van der Waals surface area contributed by atoms with Gasteiger partial charge in [0.25, 0.3) is 0 Å². The molecule has 0 spiro atoms. The number of aliphatic hydroxyl groups excluding tert-OH is 1. The Kier molecular flexibility index (Phi) is 6.51. The summed E-state index contributed by atoms with van der Waals surface area (Å²) < 4.78 is 7.69. The van der Waals surface area contributed by atoms with Crippen molar-refractivity contribution in [1.29, 1.82) is 0 Å². The van der Waals surface area contributed by atoms with Crippen LogP contribution in [-0.2, 0) is 11.5 Å². The molecule has 1 aromatic carbocycles. The van der Waals surface area contributed by atoms with Gasteiger partial charge in [-0.15, -0.1) is 0 Å². The number of aryl methyl sites for hydroxylation is 3. The highest BCUT2D eigenvalue weighted by atomic mass is 28.3. The maximum Gasteiger partial charge on any atom is 0.139 e. The van der Waals surface area contributed by atoms with Gasteiger partial charge < -0.3 is 9.84 Å². The van der Waals surface area contributed by atoms with Crippen LogP contribution in [0.25, 0.3) is 10.9 Å². The molecule has 0 amide bonds. The Morgan fingerprint density at radius 1 is 1.07 bits per heavy atom. The van der Waals surface area contributed by atoms with Gasteiger partial charge >= 0.3 is 0 Å². The fraction of sp³-hybridized carbons (Fsp3) is 0.500. The number of nitrogens with zero attached hydrogens (tertiary/aromatic N) is 4. The summed E-state index contributed by atoms with van der Waals surface area (Å²) in [6.07, 6.45) is 2.01. The molecule has 0 saturated heterocycles. The van der Waals surface area contributed by atoms with Crippen molar-refractivity contribution in [1.82, 2.24) is 19.7 Å². The second kappa shape index (κ2) is 8.73. The van der Waals surface area contributed by atoms with Crippen LogP contribution in [0.2, 0.25) is 25.7 Å². The summed E-state index contributed by atoms with van der Waals surface area (Å²) in [5.74, 6) is 0.402. The van der Waals surface area contributed by atoms with Gasteiger partial charge in [0.15, 0.2) is 0 Å². The Morgan fingerprint density at radius 2 is 1.76 bits per heavy atom. The first-order valence-corrected chi connectivity index (χ1v) is 13.9.